The number of hydrogen-bond acceptors (Lipinski definition) is 11. The van der Waals surface area contributed by atoms with Gasteiger partial charge in [0.05, 0.1) is 55.8 Å². The lowest BCUT2D eigenvalue weighted by molar-refractivity contribution is -0.177. The number of aliphatic hydroxyl groups is 2. The first-order valence-electron chi connectivity index (χ1n) is 18.2. The van der Waals surface area contributed by atoms with Crippen molar-refractivity contribution in [2.75, 3.05) is 0 Å². The zero-order valence-corrected chi connectivity index (χ0v) is 31.2. The van der Waals surface area contributed by atoms with Gasteiger partial charge in [-0.2, -0.15) is 0 Å². The number of esters is 2. The molecule has 0 unspecified atom stereocenters. The normalized spacial score (nSPS) is 16.5. The van der Waals surface area contributed by atoms with E-state index in [2.05, 4.69) is 5.32 Å². The first kappa shape index (κ1) is 48.2. The van der Waals surface area contributed by atoms with Gasteiger partial charge in [-0.3, -0.25) is 33.6 Å². The van der Waals surface area contributed by atoms with Gasteiger partial charge in [-0.25, -0.2) is 0 Å². The number of ether oxygens (including phenoxy) is 2. The zero-order valence-electron chi connectivity index (χ0n) is 31.2. The lowest BCUT2D eigenvalue weighted by Gasteiger charge is -2.33. The number of carbonyl (C=O) groups excluding carboxylic acids is 3. The van der Waals surface area contributed by atoms with Gasteiger partial charge in [0.15, 0.2) is 0 Å². The second-order valence-electron chi connectivity index (χ2n) is 14.1. The Labute approximate surface area is 305 Å². The summed E-state index contributed by atoms with van der Waals surface area (Å²) in [5, 5.41) is 60.2. The Morgan fingerprint density at radius 1 is 0.635 bits per heavy atom. The molecule has 0 heterocycles. The number of aliphatic hydroxyl groups excluding tert-OH is 2. The molecule has 0 aliphatic rings. The SMILES string of the molecule is CCCC[C@@H](C)[C@@H](OC(=O)C[C@@H](CC(=O)O)C(=O)O)[C@H](C[C@@H](C)CCCCCC[C@@H](O)C[C@H](O)[C@H](C)NC(C)=O)OC(=O)C[C@@H](CC(=O)O)C(=O)O. The van der Waals surface area contributed by atoms with Crippen molar-refractivity contribution in [1.29, 1.82) is 0 Å². The van der Waals surface area contributed by atoms with E-state index in [1.54, 1.807) is 13.8 Å². The summed E-state index contributed by atoms with van der Waals surface area (Å²) in [6.45, 7) is 8.62. The molecule has 0 aromatic rings. The lowest BCUT2D eigenvalue weighted by Crippen LogP contribution is -2.42. The van der Waals surface area contributed by atoms with Crippen LogP contribution in [0.2, 0.25) is 0 Å². The largest absolute Gasteiger partial charge is 0.481 e. The number of carbonyl (C=O) groups is 7. The van der Waals surface area contributed by atoms with Crippen molar-refractivity contribution in [2.24, 2.45) is 23.7 Å². The molecule has 16 nitrogen and oxygen atoms in total. The summed E-state index contributed by atoms with van der Waals surface area (Å²) in [5.74, 6) is -11.7. The van der Waals surface area contributed by atoms with E-state index in [1.807, 2.05) is 13.8 Å². The number of carboxylic acid groups (broad SMARTS) is 4. The molecule has 0 aromatic carbocycles. The molecule has 0 aliphatic carbocycles. The molecule has 0 fully saturated rings. The van der Waals surface area contributed by atoms with Gasteiger partial charge < -0.3 is 45.4 Å². The molecule has 0 saturated heterocycles. The monoisotopic (exact) mass is 747 g/mol. The number of nitrogens with one attached hydrogen (secondary N) is 1. The van der Waals surface area contributed by atoms with Crippen LogP contribution < -0.4 is 5.32 Å². The molecular formula is C36H61NO15. The fraction of sp³-hybridized carbons (Fsp3) is 0.806. The van der Waals surface area contributed by atoms with Crippen LogP contribution in [-0.2, 0) is 43.0 Å². The molecule has 0 spiro atoms. The maximum Gasteiger partial charge on any atom is 0.307 e. The second-order valence-corrected chi connectivity index (χ2v) is 14.1. The molecule has 0 aromatic heterocycles. The van der Waals surface area contributed by atoms with Crippen molar-refractivity contribution in [2.45, 2.75) is 161 Å². The van der Waals surface area contributed by atoms with E-state index >= 15 is 0 Å². The highest BCUT2D eigenvalue weighted by atomic mass is 16.6. The average Bonchev–Trinajstić information content (AvgIpc) is 3.02. The van der Waals surface area contributed by atoms with Crippen molar-refractivity contribution in [3.63, 3.8) is 0 Å². The highest BCUT2D eigenvalue weighted by Crippen LogP contribution is 2.29. The van der Waals surface area contributed by atoms with Gasteiger partial charge in [-0.05, 0) is 38.0 Å². The molecule has 0 rings (SSSR count). The average molecular weight is 748 g/mol. The third kappa shape index (κ3) is 22.2. The van der Waals surface area contributed by atoms with Crippen molar-refractivity contribution in [1.82, 2.24) is 5.32 Å². The molecule has 7 N–H and O–H groups in total. The lowest BCUT2D eigenvalue weighted by atomic mass is 9.87. The third-order valence-corrected chi connectivity index (χ3v) is 9.00. The summed E-state index contributed by atoms with van der Waals surface area (Å²) in [6, 6.07) is -0.489. The minimum Gasteiger partial charge on any atom is -0.481 e. The van der Waals surface area contributed by atoms with Gasteiger partial charge in [0.25, 0.3) is 0 Å². The second kappa shape index (κ2) is 26.0. The van der Waals surface area contributed by atoms with E-state index < -0.39 is 110 Å². The number of unbranched alkanes of at least 4 members (excludes halogenated alkanes) is 4. The first-order valence-corrected chi connectivity index (χ1v) is 18.2. The molecule has 52 heavy (non-hydrogen) atoms. The summed E-state index contributed by atoms with van der Waals surface area (Å²) in [4.78, 5) is 82.9. The molecular weight excluding hydrogens is 686 g/mol. The van der Waals surface area contributed by atoms with E-state index in [0.717, 1.165) is 25.7 Å². The Balaban J connectivity index is 5.75. The van der Waals surface area contributed by atoms with Crippen molar-refractivity contribution >= 4 is 41.7 Å². The minimum absolute atomic E-state index is 0.110. The predicted molar refractivity (Wildman–Crippen MR) is 186 cm³/mol. The smallest absolute Gasteiger partial charge is 0.307 e. The summed E-state index contributed by atoms with van der Waals surface area (Å²) in [6.07, 6.45) is -0.416. The highest BCUT2D eigenvalue weighted by Gasteiger charge is 2.37. The van der Waals surface area contributed by atoms with Crippen LogP contribution in [0.25, 0.3) is 0 Å². The minimum atomic E-state index is -1.56. The van der Waals surface area contributed by atoms with Crippen LogP contribution in [0.5, 0.6) is 0 Å². The summed E-state index contributed by atoms with van der Waals surface area (Å²) in [7, 11) is 0. The molecule has 1 amide bonds. The first-order chi connectivity index (χ1) is 24.3. The van der Waals surface area contributed by atoms with E-state index in [-0.39, 0.29) is 24.7 Å². The number of rotatable bonds is 30. The van der Waals surface area contributed by atoms with Gasteiger partial charge in [-0.15, -0.1) is 0 Å². The van der Waals surface area contributed by atoms with Crippen molar-refractivity contribution < 1.29 is 73.7 Å². The molecule has 9 atom stereocenters. The van der Waals surface area contributed by atoms with E-state index in [9.17, 15) is 54.0 Å². The van der Waals surface area contributed by atoms with Crippen LogP contribution >= 0.6 is 0 Å². The van der Waals surface area contributed by atoms with Gasteiger partial charge >= 0.3 is 35.8 Å². The van der Waals surface area contributed by atoms with Crippen LogP contribution in [0.15, 0.2) is 0 Å². The maximum atomic E-state index is 13.1. The third-order valence-electron chi connectivity index (χ3n) is 9.00. The number of aliphatic carboxylic acids is 4. The summed E-state index contributed by atoms with van der Waals surface area (Å²) >= 11 is 0. The van der Waals surface area contributed by atoms with Crippen LogP contribution in [0, 0.1) is 23.7 Å². The fourth-order valence-corrected chi connectivity index (χ4v) is 5.99. The van der Waals surface area contributed by atoms with E-state index in [1.165, 1.54) is 6.92 Å². The molecule has 300 valence electrons. The molecule has 0 bridgehead atoms. The standard InChI is InChI=1S/C36H61NO15/c1-6-7-13-22(3)34(52-33(46)19-26(36(49)50)17-31(43)44)29(51-32(45)18-25(35(47)48)16-30(41)42)15-21(2)12-10-8-9-11-14-27(39)20-28(40)23(4)37-24(5)38/h21-23,25-29,34,39-40H,6-20H2,1-5H3,(H,37,38)(H,41,42)(H,43,44)(H,47,48)(H,49,50)/t21-,22+,23-,25+,26+,27+,28-,29-,34+/m0/s1. The van der Waals surface area contributed by atoms with E-state index in [0.29, 0.717) is 32.1 Å². The van der Waals surface area contributed by atoms with Gasteiger partial charge in [0.2, 0.25) is 5.91 Å². The van der Waals surface area contributed by atoms with Crippen molar-refractivity contribution in [3.05, 3.63) is 0 Å². The maximum absolute atomic E-state index is 13.1. The Morgan fingerprint density at radius 3 is 1.60 bits per heavy atom. The fourth-order valence-electron chi connectivity index (χ4n) is 5.99. The Bertz CT molecular complexity index is 1140. The summed E-state index contributed by atoms with van der Waals surface area (Å²) < 4.78 is 11.5. The number of carboxylic acids is 4. The summed E-state index contributed by atoms with van der Waals surface area (Å²) in [5.41, 5.74) is 0. The Hall–Kier alpha value is -3.79. The Kier molecular flexibility index (Phi) is 24.2. The van der Waals surface area contributed by atoms with Gasteiger partial charge in [0.1, 0.15) is 12.2 Å². The van der Waals surface area contributed by atoms with Crippen molar-refractivity contribution in [3.8, 4) is 0 Å². The van der Waals surface area contributed by atoms with E-state index in [4.69, 9.17) is 19.7 Å². The van der Waals surface area contributed by atoms with Crippen LogP contribution in [-0.4, -0.2) is 103 Å². The molecule has 0 aliphatic heterocycles. The van der Waals surface area contributed by atoms with Crippen LogP contribution in [0.3, 0.4) is 0 Å². The van der Waals surface area contributed by atoms with Crippen LogP contribution in [0.4, 0.5) is 0 Å². The van der Waals surface area contributed by atoms with Gasteiger partial charge in [0, 0.05) is 13.3 Å². The zero-order chi connectivity index (χ0) is 40.0. The highest BCUT2D eigenvalue weighted by molar-refractivity contribution is 5.84. The Morgan fingerprint density at radius 2 is 1.13 bits per heavy atom. The quantitative estimate of drug-likeness (QED) is 0.0407. The van der Waals surface area contributed by atoms with Gasteiger partial charge in [-0.1, -0.05) is 65.7 Å². The molecule has 16 heteroatoms. The predicted octanol–water partition coefficient (Wildman–Crippen LogP) is 3.77. The topological polar surface area (TPSA) is 271 Å². The number of amides is 1. The molecule has 0 saturated carbocycles. The number of hydrogen-bond donors (Lipinski definition) is 7. The molecule has 0 radical (unpaired) electrons. The van der Waals surface area contributed by atoms with Crippen LogP contribution in [0.1, 0.15) is 131 Å².